The molecule has 1 aliphatic heterocycles. The Labute approximate surface area is 150 Å². The number of aryl methyl sites for hydroxylation is 3. The fourth-order valence-corrected chi connectivity index (χ4v) is 5.57. The molecule has 1 aliphatic carbocycles. The standard InChI is InChI=1S/C20H21N3OS/c1-12-9-10-13-5-2-3-7-15(13)23(12)11-17-21-19(24)18-14-6-4-8-16(14)25-20(18)22-17/h2-3,5,7,12H,4,6,8-11H2,1H3,(H,21,22,24)/t12-/m0/s1. The molecule has 0 radical (unpaired) electrons. The summed E-state index contributed by atoms with van der Waals surface area (Å²) in [6, 6.07) is 9.03. The van der Waals surface area contributed by atoms with Crippen LogP contribution in [0.1, 0.15) is 41.6 Å². The summed E-state index contributed by atoms with van der Waals surface area (Å²) in [5.74, 6) is 0.779. The van der Waals surface area contributed by atoms with Crippen LogP contribution in [0, 0.1) is 0 Å². The average molecular weight is 351 g/mol. The number of anilines is 1. The molecule has 3 heterocycles. The molecule has 0 saturated heterocycles. The van der Waals surface area contributed by atoms with Gasteiger partial charge >= 0.3 is 0 Å². The Bertz CT molecular complexity index is 1020. The van der Waals surface area contributed by atoms with Gasteiger partial charge in [-0.05, 0) is 56.2 Å². The maximum atomic E-state index is 12.7. The van der Waals surface area contributed by atoms with E-state index >= 15 is 0 Å². The molecule has 1 atom stereocenters. The molecule has 128 valence electrons. The third-order valence-electron chi connectivity index (χ3n) is 5.61. The van der Waals surface area contributed by atoms with Crippen molar-refractivity contribution in [3.8, 4) is 0 Å². The Kier molecular flexibility index (Phi) is 3.45. The lowest BCUT2D eigenvalue weighted by atomic mass is 9.96. The lowest BCUT2D eigenvalue weighted by Gasteiger charge is -2.36. The molecule has 0 unspecified atom stereocenters. The zero-order valence-electron chi connectivity index (χ0n) is 14.3. The van der Waals surface area contributed by atoms with Crippen LogP contribution < -0.4 is 10.5 Å². The summed E-state index contributed by atoms with van der Waals surface area (Å²) in [7, 11) is 0. The van der Waals surface area contributed by atoms with Crippen molar-refractivity contribution in [2.75, 3.05) is 4.90 Å². The number of benzene rings is 1. The van der Waals surface area contributed by atoms with Gasteiger partial charge in [0, 0.05) is 16.6 Å². The van der Waals surface area contributed by atoms with Gasteiger partial charge in [-0.15, -0.1) is 11.3 Å². The Morgan fingerprint density at radius 1 is 1.28 bits per heavy atom. The summed E-state index contributed by atoms with van der Waals surface area (Å²) < 4.78 is 0. The number of hydrogen-bond acceptors (Lipinski definition) is 4. The minimum absolute atomic E-state index is 0.0392. The van der Waals surface area contributed by atoms with Crippen molar-refractivity contribution in [3.05, 3.63) is 56.4 Å². The summed E-state index contributed by atoms with van der Waals surface area (Å²) in [6.07, 6.45) is 5.54. The van der Waals surface area contributed by atoms with Crippen molar-refractivity contribution in [1.82, 2.24) is 9.97 Å². The number of hydrogen-bond donors (Lipinski definition) is 1. The highest BCUT2D eigenvalue weighted by Crippen LogP contribution is 2.35. The van der Waals surface area contributed by atoms with Crippen molar-refractivity contribution < 1.29 is 0 Å². The van der Waals surface area contributed by atoms with E-state index in [9.17, 15) is 4.79 Å². The molecule has 5 heteroatoms. The van der Waals surface area contributed by atoms with Gasteiger partial charge in [-0.3, -0.25) is 4.79 Å². The highest BCUT2D eigenvalue weighted by atomic mass is 32.1. The lowest BCUT2D eigenvalue weighted by molar-refractivity contribution is 0.552. The van der Waals surface area contributed by atoms with Gasteiger partial charge in [-0.1, -0.05) is 18.2 Å². The van der Waals surface area contributed by atoms with Crippen molar-refractivity contribution in [2.45, 2.75) is 51.6 Å². The van der Waals surface area contributed by atoms with Gasteiger partial charge in [0.15, 0.2) is 0 Å². The van der Waals surface area contributed by atoms with Crippen LogP contribution in [-0.2, 0) is 25.8 Å². The minimum Gasteiger partial charge on any atom is -0.361 e. The molecule has 1 aromatic carbocycles. The fourth-order valence-electron chi connectivity index (χ4n) is 4.28. The molecule has 0 bridgehead atoms. The van der Waals surface area contributed by atoms with Crippen LogP contribution in [0.25, 0.3) is 10.2 Å². The smallest absolute Gasteiger partial charge is 0.259 e. The Balaban J connectivity index is 1.55. The summed E-state index contributed by atoms with van der Waals surface area (Å²) in [5.41, 5.74) is 3.95. The fraction of sp³-hybridized carbons (Fsp3) is 0.400. The first kappa shape index (κ1) is 15.1. The molecule has 4 nitrogen and oxygen atoms in total. The third kappa shape index (κ3) is 2.41. The molecule has 2 aromatic heterocycles. The zero-order chi connectivity index (χ0) is 17.0. The molecule has 25 heavy (non-hydrogen) atoms. The predicted molar refractivity (Wildman–Crippen MR) is 103 cm³/mol. The van der Waals surface area contributed by atoms with Crippen LogP contribution >= 0.6 is 11.3 Å². The molecule has 0 saturated carbocycles. The number of thiophene rings is 1. The number of para-hydroxylation sites is 1. The highest BCUT2D eigenvalue weighted by Gasteiger charge is 2.25. The number of aromatic nitrogens is 2. The SMILES string of the molecule is C[C@H]1CCc2ccccc2N1Cc1nc2sc3c(c2c(=O)[nH]1)CCC3. The molecule has 3 aromatic rings. The number of nitrogens with zero attached hydrogens (tertiary/aromatic N) is 2. The molecule has 0 spiro atoms. The Morgan fingerprint density at radius 2 is 2.16 bits per heavy atom. The van der Waals surface area contributed by atoms with Gasteiger partial charge in [0.25, 0.3) is 5.56 Å². The molecular formula is C20H21N3OS. The molecular weight excluding hydrogens is 330 g/mol. The largest absolute Gasteiger partial charge is 0.361 e. The number of nitrogens with one attached hydrogen (secondary N) is 1. The van der Waals surface area contributed by atoms with E-state index in [0.29, 0.717) is 12.6 Å². The summed E-state index contributed by atoms with van der Waals surface area (Å²) >= 11 is 1.71. The summed E-state index contributed by atoms with van der Waals surface area (Å²) in [6.45, 7) is 2.91. The van der Waals surface area contributed by atoms with E-state index < -0.39 is 0 Å². The number of aromatic amines is 1. The number of rotatable bonds is 2. The van der Waals surface area contributed by atoms with Crippen molar-refractivity contribution in [1.29, 1.82) is 0 Å². The van der Waals surface area contributed by atoms with E-state index in [1.54, 1.807) is 11.3 Å². The Hall–Kier alpha value is -2.14. The second kappa shape index (κ2) is 5.70. The van der Waals surface area contributed by atoms with Gasteiger partial charge in [0.1, 0.15) is 10.7 Å². The predicted octanol–water partition coefficient (Wildman–Crippen LogP) is 3.81. The van der Waals surface area contributed by atoms with E-state index in [4.69, 9.17) is 4.98 Å². The molecule has 1 N–H and O–H groups in total. The van der Waals surface area contributed by atoms with Crippen LogP contribution in [0.4, 0.5) is 5.69 Å². The number of fused-ring (bicyclic) bond motifs is 4. The first-order chi connectivity index (χ1) is 12.2. The zero-order valence-corrected chi connectivity index (χ0v) is 15.2. The molecule has 0 amide bonds. The maximum absolute atomic E-state index is 12.7. The minimum atomic E-state index is 0.0392. The molecule has 2 aliphatic rings. The monoisotopic (exact) mass is 351 g/mol. The first-order valence-corrected chi connectivity index (χ1v) is 9.90. The second-order valence-electron chi connectivity index (χ2n) is 7.19. The third-order valence-corrected chi connectivity index (χ3v) is 6.79. The van der Waals surface area contributed by atoms with Crippen LogP contribution in [0.2, 0.25) is 0 Å². The van der Waals surface area contributed by atoms with E-state index in [1.807, 2.05) is 0 Å². The second-order valence-corrected chi connectivity index (χ2v) is 8.28. The van der Waals surface area contributed by atoms with Crippen LogP contribution in [0.15, 0.2) is 29.1 Å². The van der Waals surface area contributed by atoms with Crippen molar-refractivity contribution in [3.63, 3.8) is 0 Å². The quantitative estimate of drug-likeness (QED) is 0.764. The first-order valence-electron chi connectivity index (χ1n) is 9.08. The van der Waals surface area contributed by atoms with E-state index in [0.717, 1.165) is 41.7 Å². The topological polar surface area (TPSA) is 49.0 Å². The highest BCUT2D eigenvalue weighted by molar-refractivity contribution is 7.18. The van der Waals surface area contributed by atoms with Crippen LogP contribution in [0.5, 0.6) is 0 Å². The van der Waals surface area contributed by atoms with Gasteiger partial charge in [0.05, 0.1) is 11.9 Å². The molecule has 5 rings (SSSR count). The van der Waals surface area contributed by atoms with Gasteiger partial charge in [-0.25, -0.2) is 4.98 Å². The maximum Gasteiger partial charge on any atom is 0.259 e. The van der Waals surface area contributed by atoms with E-state index in [1.165, 1.54) is 28.1 Å². The molecule has 0 fully saturated rings. The Morgan fingerprint density at radius 3 is 3.08 bits per heavy atom. The average Bonchev–Trinajstić information content (AvgIpc) is 3.18. The van der Waals surface area contributed by atoms with E-state index in [2.05, 4.69) is 41.1 Å². The summed E-state index contributed by atoms with van der Waals surface area (Å²) in [4.78, 5) is 25.2. The summed E-state index contributed by atoms with van der Waals surface area (Å²) in [5, 5.41) is 0.841. The van der Waals surface area contributed by atoms with Crippen LogP contribution in [0.3, 0.4) is 0 Å². The lowest BCUT2D eigenvalue weighted by Crippen LogP contribution is -2.37. The normalized spacial score (nSPS) is 19.2. The van der Waals surface area contributed by atoms with E-state index in [-0.39, 0.29) is 5.56 Å². The van der Waals surface area contributed by atoms with Crippen molar-refractivity contribution in [2.24, 2.45) is 0 Å². The number of H-pyrrole nitrogens is 1. The van der Waals surface area contributed by atoms with Crippen molar-refractivity contribution >= 4 is 27.2 Å². The van der Waals surface area contributed by atoms with Crippen LogP contribution in [-0.4, -0.2) is 16.0 Å². The van der Waals surface area contributed by atoms with Gasteiger partial charge in [-0.2, -0.15) is 0 Å². The van der Waals surface area contributed by atoms with Gasteiger partial charge in [0.2, 0.25) is 0 Å². The van der Waals surface area contributed by atoms with Gasteiger partial charge < -0.3 is 9.88 Å².